The summed E-state index contributed by atoms with van der Waals surface area (Å²) < 4.78 is 5.67. The third kappa shape index (κ3) is 4.14. The summed E-state index contributed by atoms with van der Waals surface area (Å²) in [6.07, 6.45) is 5.41. The zero-order chi connectivity index (χ0) is 12.6. The van der Waals surface area contributed by atoms with Crippen molar-refractivity contribution in [3.63, 3.8) is 0 Å². The lowest BCUT2D eigenvalue weighted by atomic mass is 10.2. The van der Waals surface area contributed by atoms with Crippen molar-refractivity contribution in [1.29, 1.82) is 0 Å². The third-order valence-electron chi connectivity index (χ3n) is 2.47. The first kappa shape index (κ1) is 12.5. The lowest BCUT2D eigenvalue weighted by Crippen LogP contribution is -2.28. The van der Waals surface area contributed by atoms with Crippen molar-refractivity contribution in [2.75, 3.05) is 6.54 Å². The molecule has 0 aliphatic heterocycles. The predicted octanol–water partition coefficient (Wildman–Crippen LogP) is 2.03. The van der Waals surface area contributed by atoms with Gasteiger partial charge in [-0.25, -0.2) is 4.98 Å². The number of nitrogens with one attached hydrogen (secondary N) is 1. The van der Waals surface area contributed by atoms with E-state index in [-0.39, 0.29) is 6.10 Å². The molecule has 2 aromatic heterocycles. The second-order valence-electron chi connectivity index (χ2n) is 4.08. The van der Waals surface area contributed by atoms with E-state index in [9.17, 15) is 0 Å². The lowest BCUT2D eigenvalue weighted by molar-refractivity contribution is 0.208. The summed E-state index contributed by atoms with van der Waals surface area (Å²) >= 11 is 0. The van der Waals surface area contributed by atoms with Crippen molar-refractivity contribution in [2.45, 2.75) is 19.6 Å². The van der Waals surface area contributed by atoms with Gasteiger partial charge in [-0.1, -0.05) is 6.07 Å². The van der Waals surface area contributed by atoms with Crippen LogP contribution in [0.5, 0.6) is 5.88 Å². The first-order chi connectivity index (χ1) is 8.84. The summed E-state index contributed by atoms with van der Waals surface area (Å²) in [7, 11) is 0. The number of ether oxygens (including phenoxy) is 1. The molecule has 2 heterocycles. The number of hydrogen-bond acceptors (Lipinski definition) is 4. The number of pyridine rings is 2. The minimum Gasteiger partial charge on any atom is -0.473 e. The molecule has 0 saturated carbocycles. The Morgan fingerprint density at radius 2 is 2.00 bits per heavy atom. The number of rotatable bonds is 6. The van der Waals surface area contributed by atoms with Gasteiger partial charge in [0.15, 0.2) is 0 Å². The maximum atomic E-state index is 5.67. The highest BCUT2D eigenvalue weighted by atomic mass is 16.5. The first-order valence-corrected chi connectivity index (χ1v) is 6.02. The Balaban J connectivity index is 1.71. The molecule has 18 heavy (non-hydrogen) atoms. The molecule has 0 unspecified atom stereocenters. The molecule has 2 rings (SSSR count). The van der Waals surface area contributed by atoms with Gasteiger partial charge in [0.2, 0.25) is 5.88 Å². The normalized spacial score (nSPS) is 12.1. The first-order valence-electron chi connectivity index (χ1n) is 6.02. The Bertz CT molecular complexity index is 447. The summed E-state index contributed by atoms with van der Waals surface area (Å²) in [4.78, 5) is 8.11. The molecule has 0 bridgehead atoms. The molecule has 94 valence electrons. The van der Waals surface area contributed by atoms with E-state index >= 15 is 0 Å². The predicted molar refractivity (Wildman–Crippen MR) is 70.3 cm³/mol. The van der Waals surface area contributed by atoms with Crippen molar-refractivity contribution in [1.82, 2.24) is 15.3 Å². The van der Waals surface area contributed by atoms with E-state index < -0.39 is 0 Å². The Kier molecular flexibility index (Phi) is 4.67. The molecule has 0 fully saturated rings. The third-order valence-corrected chi connectivity index (χ3v) is 2.47. The highest BCUT2D eigenvalue weighted by molar-refractivity contribution is 5.10. The SMILES string of the molecule is C[C@@H](CNCc1ccncc1)Oc1ccccn1. The van der Waals surface area contributed by atoms with Crippen molar-refractivity contribution in [3.05, 3.63) is 54.5 Å². The van der Waals surface area contributed by atoms with Gasteiger partial charge in [0.05, 0.1) is 0 Å². The molecule has 0 aromatic carbocycles. The van der Waals surface area contributed by atoms with Crippen LogP contribution in [0.4, 0.5) is 0 Å². The van der Waals surface area contributed by atoms with E-state index in [1.165, 1.54) is 5.56 Å². The number of nitrogens with zero attached hydrogens (tertiary/aromatic N) is 2. The van der Waals surface area contributed by atoms with Crippen molar-refractivity contribution in [2.24, 2.45) is 0 Å². The van der Waals surface area contributed by atoms with E-state index in [0.717, 1.165) is 13.1 Å². The summed E-state index contributed by atoms with van der Waals surface area (Å²) in [5, 5.41) is 3.34. The second-order valence-corrected chi connectivity index (χ2v) is 4.08. The molecule has 1 atom stereocenters. The van der Waals surface area contributed by atoms with Crippen molar-refractivity contribution in [3.8, 4) is 5.88 Å². The summed E-state index contributed by atoms with van der Waals surface area (Å²) in [6, 6.07) is 9.65. The fraction of sp³-hybridized carbons (Fsp3) is 0.286. The van der Waals surface area contributed by atoms with Crippen LogP contribution in [0.25, 0.3) is 0 Å². The van der Waals surface area contributed by atoms with Gasteiger partial charge in [0.1, 0.15) is 6.10 Å². The van der Waals surface area contributed by atoms with Gasteiger partial charge in [0.25, 0.3) is 0 Å². The van der Waals surface area contributed by atoms with Gasteiger partial charge < -0.3 is 10.1 Å². The number of hydrogen-bond donors (Lipinski definition) is 1. The fourth-order valence-corrected chi connectivity index (χ4v) is 1.59. The summed E-state index contributed by atoms with van der Waals surface area (Å²) in [5.74, 6) is 0.663. The zero-order valence-electron chi connectivity index (χ0n) is 10.4. The standard InChI is InChI=1S/C14H17N3O/c1-12(18-14-4-2-3-7-17-14)10-16-11-13-5-8-15-9-6-13/h2-9,12,16H,10-11H2,1H3/t12-/m0/s1. The Morgan fingerprint density at radius 1 is 1.17 bits per heavy atom. The molecule has 4 nitrogen and oxygen atoms in total. The van der Waals surface area contributed by atoms with Crippen LogP contribution in [0, 0.1) is 0 Å². The van der Waals surface area contributed by atoms with Crippen molar-refractivity contribution >= 4 is 0 Å². The van der Waals surface area contributed by atoms with Crippen LogP contribution in [0.15, 0.2) is 48.9 Å². The van der Waals surface area contributed by atoms with Crippen LogP contribution in [0.3, 0.4) is 0 Å². The van der Waals surface area contributed by atoms with Crippen LogP contribution in [-0.4, -0.2) is 22.6 Å². The van der Waals surface area contributed by atoms with Gasteiger partial charge in [-0.15, -0.1) is 0 Å². The average Bonchev–Trinajstić information content (AvgIpc) is 2.41. The number of aromatic nitrogens is 2. The van der Waals surface area contributed by atoms with Gasteiger partial charge in [-0.05, 0) is 30.7 Å². The quantitative estimate of drug-likeness (QED) is 0.843. The Morgan fingerprint density at radius 3 is 2.72 bits per heavy atom. The van der Waals surface area contributed by atoms with Crippen LogP contribution < -0.4 is 10.1 Å². The lowest BCUT2D eigenvalue weighted by Gasteiger charge is -2.14. The topological polar surface area (TPSA) is 47.0 Å². The van der Waals surface area contributed by atoms with Gasteiger partial charge in [0, 0.05) is 37.7 Å². The monoisotopic (exact) mass is 243 g/mol. The Labute approximate surface area is 107 Å². The van der Waals surface area contributed by atoms with Crippen LogP contribution >= 0.6 is 0 Å². The van der Waals surface area contributed by atoms with Crippen LogP contribution in [-0.2, 0) is 6.54 Å². The fourth-order valence-electron chi connectivity index (χ4n) is 1.59. The van der Waals surface area contributed by atoms with E-state index in [4.69, 9.17) is 4.74 Å². The maximum absolute atomic E-state index is 5.67. The largest absolute Gasteiger partial charge is 0.473 e. The van der Waals surface area contributed by atoms with Gasteiger partial charge in [-0.3, -0.25) is 4.98 Å². The molecule has 4 heteroatoms. The minimum atomic E-state index is 0.0849. The molecule has 0 spiro atoms. The molecule has 0 radical (unpaired) electrons. The van der Waals surface area contributed by atoms with E-state index in [0.29, 0.717) is 5.88 Å². The van der Waals surface area contributed by atoms with E-state index in [1.54, 1.807) is 18.6 Å². The summed E-state index contributed by atoms with van der Waals surface area (Å²) in [6.45, 7) is 3.62. The average molecular weight is 243 g/mol. The molecule has 0 aliphatic rings. The van der Waals surface area contributed by atoms with E-state index in [2.05, 4.69) is 15.3 Å². The molecule has 1 N–H and O–H groups in total. The maximum Gasteiger partial charge on any atom is 0.213 e. The Hall–Kier alpha value is -1.94. The summed E-state index contributed by atoms with van der Waals surface area (Å²) in [5.41, 5.74) is 1.22. The van der Waals surface area contributed by atoms with Crippen LogP contribution in [0.1, 0.15) is 12.5 Å². The molecule has 0 amide bonds. The van der Waals surface area contributed by atoms with Crippen LogP contribution in [0.2, 0.25) is 0 Å². The molecule has 0 aliphatic carbocycles. The van der Waals surface area contributed by atoms with E-state index in [1.807, 2.05) is 37.3 Å². The minimum absolute atomic E-state index is 0.0849. The second kappa shape index (κ2) is 6.71. The molecule has 2 aromatic rings. The highest BCUT2D eigenvalue weighted by Gasteiger charge is 2.03. The van der Waals surface area contributed by atoms with Gasteiger partial charge >= 0.3 is 0 Å². The molecular formula is C14H17N3O. The van der Waals surface area contributed by atoms with Gasteiger partial charge in [-0.2, -0.15) is 0 Å². The highest BCUT2D eigenvalue weighted by Crippen LogP contribution is 2.05. The zero-order valence-corrected chi connectivity index (χ0v) is 10.4. The molecule has 0 saturated heterocycles. The van der Waals surface area contributed by atoms with Crippen molar-refractivity contribution < 1.29 is 4.74 Å². The smallest absolute Gasteiger partial charge is 0.213 e. The molecular weight excluding hydrogens is 226 g/mol.